The lowest BCUT2D eigenvalue weighted by Crippen LogP contribution is -2.58. The molecular weight excluding hydrogens is 428 g/mol. The normalized spacial score (nSPS) is 22.4. The maximum absolute atomic E-state index is 13.1. The highest BCUT2D eigenvalue weighted by Gasteiger charge is 2.39. The van der Waals surface area contributed by atoms with Crippen molar-refractivity contribution in [3.05, 3.63) is 66.0 Å². The van der Waals surface area contributed by atoms with Crippen LogP contribution in [0.15, 0.2) is 54.9 Å². The van der Waals surface area contributed by atoms with Gasteiger partial charge in [-0.3, -0.25) is 19.5 Å². The Hall–Kier alpha value is -2.77. The summed E-state index contributed by atoms with van der Waals surface area (Å²) in [6.45, 7) is 4.03. The maximum atomic E-state index is 13.1. The van der Waals surface area contributed by atoms with Crippen LogP contribution >= 0.6 is 0 Å². The summed E-state index contributed by atoms with van der Waals surface area (Å²) in [5.74, 6) is 0.00115. The van der Waals surface area contributed by atoms with Gasteiger partial charge in [0.15, 0.2) is 0 Å². The van der Waals surface area contributed by atoms with Crippen LogP contribution in [0.1, 0.15) is 43.2 Å². The zero-order valence-corrected chi connectivity index (χ0v) is 19.9. The number of pyridine rings is 1. The summed E-state index contributed by atoms with van der Waals surface area (Å²) in [7, 11) is 0. The average molecular weight is 465 g/mol. The van der Waals surface area contributed by atoms with Gasteiger partial charge in [0, 0.05) is 44.6 Å². The highest BCUT2D eigenvalue weighted by atomic mass is 16.5. The standard InChI is InChI=1S/C27H36N4O3/c32-26(21-34-20-23-8-4-3-5-9-23)31-17-12-24-25(19-31)30(18-22-10-14-28-15-11-22)16-7-2-1-6-13-29-27(24)33/h3-5,8-11,14-15,24-25H,1-2,6-7,12-13,16-21H2,(H,29,33). The number of fused-ring (bicyclic) bond motifs is 1. The second-order valence-electron chi connectivity index (χ2n) is 9.31. The first-order chi connectivity index (χ1) is 16.7. The summed E-state index contributed by atoms with van der Waals surface area (Å²) in [5, 5.41) is 3.16. The molecule has 2 aliphatic rings. The monoisotopic (exact) mass is 464 g/mol. The predicted octanol–water partition coefficient (Wildman–Crippen LogP) is 3.01. The molecule has 34 heavy (non-hydrogen) atoms. The molecule has 2 aliphatic heterocycles. The van der Waals surface area contributed by atoms with Gasteiger partial charge in [0.05, 0.1) is 12.5 Å². The molecule has 2 saturated heterocycles. The van der Waals surface area contributed by atoms with E-state index < -0.39 is 0 Å². The van der Waals surface area contributed by atoms with E-state index in [-0.39, 0.29) is 30.4 Å². The number of rotatable bonds is 6. The lowest BCUT2D eigenvalue weighted by Gasteiger charge is -2.43. The SMILES string of the molecule is O=C1NCCCCCCN(Cc2ccncc2)C2CN(C(=O)COCc3ccccc3)CCC12. The largest absolute Gasteiger partial charge is 0.367 e. The molecule has 1 aromatic heterocycles. The lowest BCUT2D eigenvalue weighted by molar-refractivity contribution is -0.143. The van der Waals surface area contributed by atoms with Crippen LogP contribution in [0.4, 0.5) is 0 Å². The number of nitrogens with one attached hydrogen (secondary N) is 1. The topological polar surface area (TPSA) is 74.8 Å². The molecule has 2 atom stereocenters. The average Bonchev–Trinajstić information content (AvgIpc) is 2.90. The Labute approximate surface area is 202 Å². The van der Waals surface area contributed by atoms with Gasteiger partial charge in [0.2, 0.25) is 11.8 Å². The highest BCUT2D eigenvalue weighted by molar-refractivity contribution is 5.81. The van der Waals surface area contributed by atoms with E-state index in [9.17, 15) is 9.59 Å². The summed E-state index contributed by atoms with van der Waals surface area (Å²) < 4.78 is 5.72. The molecule has 0 bridgehead atoms. The van der Waals surface area contributed by atoms with Gasteiger partial charge in [-0.25, -0.2) is 0 Å². The Morgan fingerprint density at radius 3 is 2.62 bits per heavy atom. The first-order valence-electron chi connectivity index (χ1n) is 12.5. The number of ether oxygens (including phenoxy) is 1. The van der Waals surface area contributed by atoms with Crippen molar-refractivity contribution in [3.8, 4) is 0 Å². The van der Waals surface area contributed by atoms with E-state index in [0.29, 0.717) is 26.1 Å². The molecule has 2 fully saturated rings. The van der Waals surface area contributed by atoms with Crippen LogP contribution in [0.2, 0.25) is 0 Å². The molecule has 7 nitrogen and oxygen atoms in total. The number of likely N-dealkylation sites (tertiary alicyclic amines) is 1. The molecule has 2 amide bonds. The van der Waals surface area contributed by atoms with Crippen molar-refractivity contribution in [1.82, 2.24) is 20.1 Å². The number of hydrogen-bond acceptors (Lipinski definition) is 5. The van der Waals surface area contributed by atoms with Crippen LogP contribution in [0.25, 0.3) is 0 Å². The number of amides is 2. The molecule has 4 rings (SSSR count). The van der Waals surface area contributed by atoms with Gasteiger partial charge >= 0.3 is 0 Å². The molecule has 2 unspecified atom stereocenters. The maximum Gasteiger partial charge on any atom is 0.248 e. The summed E-state index contributed by atoms with van der Waals surface area (Å²) >= 11 is 0. The van der Waals surface area contributed by atoms with Crippen molar-refractivity contribution in [2.24, 2.45) is 5.92 Å². The smallest absolute Gasteiger partial charge is 0.248 e. The van der Waals surface area contributed by atoms with Crippen molar-refractivity contribution in [1.29, 1.82) is 0 Å². The lowest BCUT2D eigenvalue weighted by atomic mass is 9.88. The van der Waals surface area contributed by atoms with Crippen molar-refractivity contribution >= 4 is 11.8 Å². The fraction of sp³-hybridized carbons (Fsp3) is 0.519. The Kier molecular flexibility index (Phi) is 9.04. The van der Waals surface area contributed by atoms with Crippen LogP contribution in [-0.4, -0.2) is 65.4 Å². The summed E-state index contributed by atoms with van der Waals surface area (Å²) in [4.78, 5) is 34.6. The number of piperidine rings is 1. The van der Waals surface area contributed by atoms with Gasteiger partial charge in [0.25, 0.3) is 0 Å². The minimum absolute atomic E-state index is 0.00651. The number of aromatic nitrogens is 1. The second-order valence-corrected chi connectivity index (χ2v) is 9.31. The quantitative estimate of drug-likeness (QED) is 0.711. The molecule has 1 aromatic carbocycles. The zero-order chi connectivity index (χ0) is 23.6. The fourth-order valence-electron chi connectivity index (χ4n) is 4.98. The first kappa shape index (κ1) is 24.4. The van der Waals surface area contributed by atoms with Crippen LogP contribution < -0.4 is 5.32 Å². The molecule has 2 aromatic rings. The third-order valence-electron chi connectivity index (χ3n) is 6.88. The minimum Gasteiger partial charge on any atom is -0.367 e. The Bertz CT molecular complexity index is 909. The zero-order valence-electron chi connectivity index (χ0n) is 19.9. The predicted molar refractivity (Wildman–Crippen MR) is 131 cm³/mol. The van der Waals surface area contributed by atoms with E-state index in [1.54, 1.807) is 0 Å². The molecule has 0 radical (unpaired) electrons. The Morgan fingerprint density at radius 1 is 1.00 bits per heavy atom. The molecule has 3 heterocycles. The van der Waals surface area contributed by atoms with E-state index >= 15 is 0 Å². The molecule has 0 spiro atoms. The highest BCUT2D eigenvalue weighted by Crippen LogP contribution is 2.26. The van der Waals surface area contributed by atoms with Gasteiger partial charge in [-0.2, -0.15) is 0 Å². The van der Waals surface area contributed by atoms with Crippen LogP contribution in [0, 0.1) is 5.92 Å². The molecule has 0 saturated carbocycles. The van der Waals surface area contributed by atoms with E-state index in [1.165, 1.54) is 5.56 Å². The minimum atomic E-state index is -0.116. The van der Waals surface area contributed by atoms with E-state index in [4.69, 9.17) is 4.74 Å². The number of nitrogens with zero attached hydrogens (tertiary/aromatic N) is 3. The third kappa shape index (κ3) is 6.87. The van der Waals surface area contributed by atoms with Crippen molar-refractivity contribution in [2.45, 2.75) is 51.3 Å². The molecule has 182 valence electrons. The van der Waals surface area contributed by atoms with Gasteiger partial charge in [0.1, 0.15) is 6.61 Å². The molecule has 7 heteroatoms. The summed E-state index contributed by atoms with van der Waals surface area (Å²) in [6.07, 6.45) is 8.69. The van der Waals surface area contributed by atoms with E-state index in [1.807, 2.05) is 59.8 Å². The van der Waals surface area contributed by atoms with Crippen LogP contribution in [0.5, 0.6) is 0 Å². The molecule has 0 aliphatic carbocycles. The first-order valence-corrected chi connectivity index (χ1v) is 12.5. The van der Waals surface area contributed by atoms with Crippen LogP contribution in [0.3, 0.4) is 0 Å². The van der Waals surface area contributed by atoms with Gasteiger partial charge in [-0.15, -0.1) is 0 Å². The number of hydrogen-bond donors (Lipinski definition) is 1. The van der Waals surface area contributed by atoms with Crippen molar-refractivity contribution < 1.29 is 14.3 Å². The number of carbonyl (C=O) groups excluding carboxylic acids is 2. The molecular formula is C27H36N4O3. The number of benzene rings is 1. The summed E-state index contributed by atoms with van der Waals surface area (Å²) in [5.41, 5.74) is 2.23. The van der Waals surface area contributed by atoms with Crippen LogP contribution in [-0.2, 0) is 27.5 Å². The molecule has 1 N–H and O–H groups in total. The van der Waals surface area contributed by atoms with Crippen molar-refractivity contribution in [3.63, 3.8) is 0 Å². The Balaban J connectivity index is 1.45. The fourth-order valence-corrected chi connectivity index (χ4v) is 4.98. The van der Waals surface area contributed by atoms with Crippen molar-refractivity contribution in [2.75, 3.05) is 32.8 Å². The third-order valence-corrected chi connectivity index (χ3v) is 6.88. The van der Waals surface area contributed by atoms with Gasteiger partial charge in [-0.05, 0) is 49.1 Å². The number of carbonyl (C=O) groups is 2. The van der Waals surface area contributed by atoms with Gasteiger partial charge in [-0.1, -0.05) is 43.2 Å². The van der Waals surface area contributed by atoms with E-state index in [0.717, 1.165) is 50.9 Å². The Morgan fingerprint density at radius 2 is 1.79 bits per heavy atom. The van der Waals surface area contributed by atoms with E-state index in [2.05, 4.69) is 15.2 Å². The second kappa shape index (κ2) is 12.6. The van der Waals surface area contributed by atoms with Gasteiger partial charge < -0.3 is 15.0 Å². The summed E-state index contributed by atoms with van der Waals surface area (Å²) in [6, 6.07) is 13.9.